The number of carbonyl (C=O) groups excluding carboxylic acids is 1. The van der Waals surface area contributed by atoms with Crippen molar-refractivity contribution in [1.29, 1.82) is 0 Å². The molecule has 0 N–H and O–H groups in total. The van der Waals surface area contributed by atoms with Crippen LogP contribution >= 0.6 is 11.6 Å². The van der Waals surface area contributed by atoms with E-state index in [0.29, 0.717) is 27.9 Å². The van der Waals surface area contributed by atoms with Gasteiger partial charge in [0.2, 0.25) is 0 Å². The van der Waals surface area contributed by atoms with E-state index in [-0.39, 0.29) is 10.7 Å². The third-order valence-corrected chi connectivity index (χ3v) is 5.61. The summed E-state index contributed by atoms with van der Waals surface area (Å²) in [5, 5.41) is 1.10. The molecule has 23 heavy (non-hydrogen) atoms. The fraction of sp³-hybridized carbons (Fsp3) is 0.118. The first kappa shape index (κ1) is 15.8. The van der Waals surface area contributed by atoms with Crippen LogP contribution in [0.15, 0.2) is 59.6 Å². The summed E-state index contributed by atoms with van der Waals surface area (Å²) in [5.74, 6) is -0.0914. The lowest BCUT2D eigenvalue weighted by Crippen LogP contribution is -2.11. The van der Waals surface area contributed by atoms with Crippen LogP contribution in [0.1, 0.15) is 23.7 Å². The Morgan fingerprint density at radius 2 is 1.74 bits per heavy atom. The molecule has 0 unspecified atom stereocenters. The first-order valence-electron chi connectivity index (χ1n) is 7.09. The lowest BCUT2D eigenvalue weighted by molar-refractivity contribution is 0.0989. The molecule has 2 aromatic carbocycles. The maximum atomic E-state index is 12.9. The van der Waals surface area contributed by atoms with Gasteiger partial charge in [-0.05, 0) is 30.3 Å². The molecule has 0 radical (unpaired) electrons. The van der Waals surface area contributed by atoms with Crippen LogP contribution in [0.5, 0.6) is 0 Å². The lowest BCUT2D eigenvalue weighted by Gasteiger charge is -2.07. The smallest absolute Gasteiger partial charge is 0.268 e. The number of fused-ring (bicyclic) bond motifs is 1. The molecule has 0 aliphatic heterocycles. The molecule has 0 bridgehead atoms. The van der Waals surface area contributed by atoms with Gasteiger partial charge in [0.1, 0.15) is 0 Å². The summed E-state index contributed by atoms with van der Waals surface area (Å²) >= 11 is 5.82. The maximum Gasteiger partial charge on any atom is 0.268 e. The van der Waals surface area contributed by atoms with Gasteiger partial charge in [-0.15, -0.1) is 0 Å². The Balaban J connectivity index is 2.27. The molecular weight excluding hydrogens is 334 g/mol. The zero-order valence-electron chi connectivity index (χ0n) is 12.4. The Kier molecular flexibility index (Phi) is 4.00. The number of halogens is 1. The highest BCUT2D eigenvalue weighted by molar-refractivity contribution is 7.90. The number of ketones is 1. The molecule has 118 valence electrons. The Labute approximate surface area is 139 Å². The summed E-state index contributed by atoms with van der Waals surface area (Å²) in [4.78, 5) is 12.2. The van der Waals surface area contributed by atoms with E-state index in [1.807, 2.05) is 0 Å². The number of nitrogens with zero attached hydrogens (tertiary/aromatic N) is 1. The summed E-state index contributed by atoms with van der Waals surface area (Å²) in [6, 6.07) is 12.9. The van der Waals surface area contributed by atoms with Crippen molar-refractivity contribution < 1.29 is 13.2 Å². The molecule has 3 rings (SSSR count). The Bertz CT molecular complexity index is 988. The quantitative estimate of drug-likeness (QED) is 0.667. The monoisotopic (exact) mass is 347 g/mol. The van der Waals surface area contributed by atoms with Crippen LogP contribution in [0.4, 0.5) is 0 Å². The highest BCUT2D eigenvalue weighted by Crippen LogP contribution is 2.27. The van der Waals surface area contributed by atoms with E-state index in [1.54, 1.807) is 31.2 Å². The van der Waals surface area contributed by atoms with Gasteiger partial charge in [0, 0.05) is 28.6 Å². The molecule has 6 heteroatoms. The van der Waals surface area contributed by atoms with Crippen molar-refractivity contribution in [3.05, 3.63) is 65.3 Å². The average Bonchev–Trinajstić information content (AvgIpc) is 2.95. The van der Waals surface area contributed by atoms with Gasteiger partial charge in [0.25, 0.3) is 10.0 Å². The minimum atomic E-state index is -3.80. The molecule has 0 amide bonds. The Morgan fingerprint density at radius 3 is 2.39 bits per heavy atom. The summed E-state index contributed by atoms with van der Waals surface area (Å²) in [5.41, 5.74) is 0.903. The number of para-hydroxylation sites is 1. The Morgan fingerprint density at radius 1 is 1.09 bits per heavy atom. The standard InChI is InChI=1S/C17H14ClNO3S/c1-2-17(20)15-11-19(16-6-4-3-5-14(15)16)23(21,22)13-9-7-12(18)8-10-13/h3-11H,2H2,1H3. The summed E-state index contributed by atoms with van der Waals surface area (Å²) in [6.45, 7) is 1.75. The van der Waals surface area contributed by atoms with Crippen LogP contribution in [-0.4, -0.2) is 18.2 Å². The third kappa shape index (κ3) is 2.66. The third-order valence-electron chi connectivity index (χ3n) is 3.67. The molecule has 1 heterocycles. The van der Waals surface area contributed by atoms with E-state index >= 15 is 0 Å². The number of hydrogen-bond acceptors (Lipinski definition) is 3. The van der Waals surface area contributed by atoms with Crippen molar-refractivity contribution in [1.82, 2.24) is 3.97 Å². The molecule has 0 spiro atoms. The summed E-state index contributed by atoms with van der Waals surface area (Å²) in [7, 11) is -3.80. The van der Waals surface area contributed by atoms with Gasteiger partial charge >= 0.3 is 0 Å². The average molecular weight is 348 g/mol. The fourth-order valence-electron chi connectivity index (χ4n) is 2.48. The van der Waals surface area contributed by atoms with Crippen LogP contribution in [0.2, 0.25) is 5.02 Å². The van der Waals surface area contributed by atoms with E-state index in [0.717, 1.165) is 3.97 Å². The second kappa shape index (κ2) is 5.83. The van der Waals surface area contributed by atoms with Crippen molar-refractivity contribution in [2.75, 3.05) is 0 Å². The highest BCUT2D eigenvalue weighted by Gasteiger charge is 2.22. The van der Waals surface area contributed by atoms with Crippen molar-refractivity contribution in [3.8, 4) is 0 Å². The maximum absolute atomic E-state index is 12.9. The van der Waals surface area contributed by atoms with Gasteiger partial charge in [-0.2, -0.15) is 0 Å². The molecule has 0 fully saturated rings. The van der Waals surface area contributed by atoms with E-state index in [1.165, 1.54) is 30.5 Å². The largest absolute Gasteiger partial charge is 0.294 e. The fourth-order valence-corrected chi connectivity index (χ4v) is 3.98. The van der Waals surface area contributed by atoms with Gasteiger partial charge in [-0.3, -0.25) is 4.79 Å². The predicted octanol–water partition coefficient (Wildman–Crippen LogP) is 4.12. The molecular formula is C17H14ClNO3S. The molecule has 0 aliphatic carbocycles. The molecule has 4 nitrogen and oxygen atoms in total. The van der Waals surface area contributed by atoms with E-state index in [9.17, 15) is 13.2 Å². The van der Waals surface area contributed by atoms with Crippen molar-refractivity contribution in [2.45, 2.75) is 18.2 Å². The normalized spacial score (nSPS) is 11.7. The van der Waals surface area contributed by atoms with Crippen molar-refractivity contribution in [2.24, 2.45) is 0 Å². The number of aromatic nitrogens is 1. The molecule has 3 aromatic rings. The molecule has 1 aromatic heterocycles. The zero-order valence-corrected chi connectivity index (χ0v) is 13.9. The minimum absolute atomic E-state index is 0.0914. The highest BCUT2D eigenvalue weighted by atomic mass is 35.5. The second-order valence-corrected chi connectivity index (χ2v) is 7.34. The van der Waals surface area contributed by atoms with Gasteiger partial charge < -0.3 is 0 Å². The number of benzene rings is 2. The molecule has 0 aliphatic rings. The first-order valence-corrected chi connectivity index (χ1v) is 8.91. The van der Waals surface area contributed by atoms with E-state index in [4.69, 9.17) is 11.6 Å². The number of carbonyl (C=O) groups is 1. The van der Waals surface area contributed by atoms with E-state index in [2.05, 4.69) is 0 Å². The van der Waals surface area contributed by atoms with Crippen LogP contribution in [0, 0.1) is 0 Å². The molecule has 0 saturated carbocycles. The lowest BCUT2D eigenvalue weighted by atomic mass is 10.1. The van der Waals surface area contributed by atoms with Crippen LogP contribution in [0.3, 0.4) is 0 Å². The second-order valence-electron chi connectivity index (χ2n) is 5.09. The number of hydrogen-bond donors (Lipinski definition) is 0. The van der Waals surface area contributed by atoms with Gasteiger partial charge in [0.15, 0.2) is 5.78 Å². The SMILES string of the molecule is CCC(=O)c1cn(S(=O)(=O)c2ccc(Cl)cc2)c2ccccc12. The van der Waals surface area contributed by atoms with Crippen molar-refractivity contribution in [3.63, 3.8) is 0 Å². The zero-order chi connectivity index (χ0) is 16.6. The van der Waals surface area contributed by atoms with Gasteiger partial charge in [0.05, 0.1) is 10.4 Å². The molecule has 0 atom stereocenters. The first-order chi connectivity index (χ1) is 10.9. The van der Waals surface area contributed by atoms with Gasteiger partial charge in [-0.25, -0.2) is 12.4 Å². The van der Waals surface area contributed by atoms with E-state index < -0.39 is 10.0 Å². The number of Topliss-reactive ketones (excluding diaryl/α,β-unsaturated/α-hetero) is 1. The van der Waals surface area contributed by atoms with Gasteiger partial charge in [-0.1, -0.05) is 36.7 Å². The molecule has 0 saturated heterocycles. The predicted molar refractivity (Wildman–Crippen MR) is 90.6 cm³/mol. The van der Waals surface area contributed by atoms with Crippen LogP contribution < -0.4 is 0 Å². The van der Waals surface area contributed by atoms with Crippen molar-refractivity contribution >= 4 is 38.3 Å². The van der Waals surface area contributed by atoms with Crippen LogP contribution in [0.25, 0.3) is 10.9 Å². The number of rotatable bonds is 4. The topological polar surface area (TPSA) is 56.1 Å². The minimum Gasteiger partial charge on any atom is -0.294 e. The van der Waals surface area contributed by atoms with Crippen LogP contribution in [-0.2, 0) is 10.0 Å². The summed E-state index contributed by atoms with van der Waals surface area (Å²) < 4.78 is 26.9. The Hall–Kier alpha value is -2.11. The summed E-state index contributed by atoms with van der Waals surface area (Å²) in [6.07, 6.45) is 1.72.